The molecule has 1 aliphatic carbocycles. The van der Waals surface area contributed by atoms with Gasteiger partial charge in [0.25, 0.3) is 0 Å². The quantitative estimate of drug-likeness (QED) is 0.664. The van der Waals surface area contributed by atoms with Gasteiger partial charge in [-0.25, -0.2) is 0 Å². The van der Waals surface area contributed by atoms with E-state index in [1.54, 1.807) is 0 Å². The molecule has 1 aromatic carbocycles. The SMILES string of the molecule is FC(F)(F)c1ccc(C2=NOC3(CCN(C(=S)NCC4CCCCC4)CC3)C2)cc1. The number of hydrogen-bond acceptors (Lipinski definition) is 3. The fourth-order valence-corrected chi connectivity index (χ4v) is 4.91. The number of likely N-dealkylation sites (tertiary alicyclic amines) is 1. The topological polar surface area (TPSA) is 36.9 Å². The first-order valence-corrected chi connectivity index (χ1v) is 11.2. The first-order chi connectivity index (χ1) is 14.3. The van der Waals surface area contributed by atoms with E-state index in [0.29, 0.717) is 12.0 Å². The van der Waals surface area contributed by atoms with Crippen molar-refractivity contribution in [1.29, 1.82) is 0 Å². The minimum atomic E-state index is -4.33. The summed E-state index contributed by atoms with van der Waals surface area (Å²) in [6.07, 6.45) is 4.46. The average molecular weight is 440 g/mol. The Bertz CT molecular complexity index is 780. The molecule has 1 N–H and O–H groups in total. The summed E-state index contributed by atoms with van der Waals surface area (Å²) in [5.41, 5.74) is 0.387. The average Bonchev–Trinajstić information content (AvgIpc) is 3.16. The highest BCUT2D eigenvalue weighted by atomic mass is 32.1. The van der Waals surface area contributed by atoms with Crippen LogP contribution in [0.25, 0.3) is 0 Å². The summed E-state index contributed by atoms with van der Waals surface area (Å²) in [5.74, 6) is 0.727. The highest BCUT2D eigenvalue weighted by molar-refractivity contribution is 7.80. The van der Waals surface area contributed by atoms with Crippen LogP contribution in [0.2, 0.25) is 0 Å². The van der Waals surface area contributed by atoms with E-state index in [9.17, 15) is 13.2 Å². The monoisotopic (exact) mass is 439 g/mol. The third-order valence-corrected chi connectivity index (χ3v) is 7.02. The van der Waals surface area contributed by atoms with Gasteiger partial charge in [-0.15, -0.1) is 0 Å². The fourth-order valence-electron chi connectivity index (χ4n) is 4.65. The van der Waals surface area contributed by atoms with Crippen LogP contribution < -0.4 is 5.32 Å². The van der Waals surface area contributed by atoms with E-state index in [0.717, 1.165) is 61.4 Å². The molecule has 4 rings (SSSR count). The van der Waals surface area contributed by atoms with E-state index in [4.69, 9.17) is 17.1 Å². The summed E-state index contributed by atoms with van der Waals surface area (Å²) in [6, 6.07) is 5.15. The molecule has 164 valence electrons. The second-order valence-electron chi connectivity index (χ2n) is 8.74. The molecule has 1 aromatic rings. The number of halogens is 3. The number of piperidine rings is 1. The van der Waals surface area contributed by atoms with Crippen molar-refractivity contribution >= 4 is 23.0 Å². The van der Waals surface area contributed by atoms with Crippen molar-refractivity contribution in [3.05, 3.63) is 35.4 Å². The maximum absolute atomic E-state index is 12.8. The van der Waals surface area contributed by atoms with Crippen molar-refractivity contribution < 1.29 is 18.0 Å². The van der Waals surface area contributed by atoms with Gasteiger partial charge in [0, 0.05) is 38.9 Å². The van der Waals surface area contributed by atoms with E-state index in [2.05, 4.69) is 15.4 Å². The molecule has 30 heavy (non-hydrogen) atoms. The summed E-state index contributed by atoms with van der Waals surface area (Å²) in [7, 11) is 0. The summed E-state index contributed by atoms with van der Waals surface area (Å²) in [6.45, 7) is 2.55. The van der Waals surface area contributed by atoms with E-state index in [-0.39, 0.29) is 5.60 Å². The van der Waals surface area contributed by atoms with E-state index in [1.165, 1.54) is 44.2 Å². The number of rotatable bonds is 3. The van der Waals surface area contributed by atoms with Crippen LogP contribution in [0.1, 0.15) is 62.5 Å². The predicted molar refractivity (Wildman–Crippen MR) is 114 cm³/mol. The number of nitrogens with zero attached hydrogens (tertiary/aromatic N) is 2. The van der Waals surface area contributed by atoms with Crippen LogP contribution in [-0.4, -0.2) is 41.0 Å². The van der Waals surface area contributed by atoms with Crippen molar-refractivity contribution in [1.82, 2.24) is 10.2 Å². The molecular formula is C22H28F3N3OS. The normalized spacial score (nSPS) is 22.0. The number of alkyl halides is 3. The first kappa shape index (κ1) is 21.4. The Morgan fingerprint density at radius 2 is 1.80 bits per heavy atom. The molecule has 2 fully saturated rings. The number of nitrogens with one attached hydrogen (secondary N) is 1. The van der Waals surface area contributed by atoms with Crippen LogP contribution in [-0.2, 0) is 11.0 Å². The van der Waals surface area contributed by atoms with Gasteiger partial charge in [0.2, 0.25) is 0 Å². The van der Waals surface area contributed by atoms with Gasteiger partial charge >= 0.3 is 6.18 Å². The largest absolute Gasteiger partial charge is 0.416 e. The molecule has 0 aromatic heterocycles. The van der Waals surface area contributed by atoms with Crippen molar-refractivity contribution in [2.24, 2.45) is 11.1 Å². The second-order valence-corrected chi connectivity index (χ2v) is 9.13. The van der Waals surface area contributed by atoms with Crippen LogP contribution in [0.4, 0.5) is 13.2 Å². The summed E-state index contributed by atoms with van der Waals surface area (Å²) in [5, 5.41) is 8.48. The fraction of sp³-hybridized carbons (Fsp3) is 0.636. The Morgan fingerprint density at radius 1 is 1.13 bits per heavy atom. The lowest BCUT2D eigenvalue weighted by Gasteiger charge is -2.38. The lowest BCUT2D eigenvalue weighted by Crippen LogP contribution is -2.50. The lowest BCUT2D eigenvalue weighted by molar-refractivity contribution is -0.137. The molecular weight excluding hydrogens is 411 g/mol. The zero-order valence-corrected chi connectivity index (χ0v) is 17.8. The van der Waals surface area contributed by atoms with Gasteiger partial charge in [0.15, 0.2) is 5.11 Å². The van der Waals surface area contributed by atoms with Gasteiger partial charge < -0.3 is 15.1 Å². The molecule has 3 aliphatic rings. The minimum Gasteiger partial charge on any atom is -0.388 e. The van der Waals surface area contributed by atoms with Gasteiger partial charge in [-0.2, -0.15) is 13.2 Å². The number of oxime groups is 1. The first-order valence-electron chi connectivity index (χ1n) is 10.8. The third kappa shape index (κ3) is 4.90. The van der Waals surface area contributed by atoms with E-state index >= 15 is 0 Å². The Morgan fingerprint density at radius 3 is 2.43 bits per heavy atom. The van der Waals surface area contributed by atoms with Crippen LogP contribution in [0, 0.1) is 5.92 Å². The molecule has 2 aliphatic heterocycles. The molecule has 2 heterocycles. The summed E-state index contributed by atoms with van der Waals surface area (Å²) < 4.78 is 38.3. The molecule has 0 unspecified atom stereocenters. The van der Waals surface area contributed by atoms with E-state index in [1.807, 2.05) is 0 Å². The molecule has 0 bridgehead atoms. The van der Waals surface area contributed by atoms with Gasteiger partial charge in [0.1, 0.15) is 5.60 Å². The Balaban J connectivity index is 1.26. The van der Waals surface area contributed by atoms with Crippen LogP contribution >= 0.6 is 12.2 Å². The van der Waals surface area contributed by atoms with Crippen molar-refractivity contribution in [2.75, 3.05) is 19.6 Å². The van der Waals surface area contributed by atoms with Gasteiger partial charge in [-0.3, -0.25) is 0 Å². The van der Waals surface area contributed by atoms with E-state index < -0.39 is 11.7 Å². The molecule has 4 nitrogen and oxygen atoms in total. The van der Waals surface area contributed by atoms with Gasteiger partial charge in [-0.1, -0.05) is 36.6 Å². The zero-order chi connectivity index (χ0) is 21.2. The molecule has 1 saturated heterocycles. The maximum atomic E-state index is 12.8. The third-order valence-electron chi connectivity index (χ3n) is 6.61. The highest BCUT2D eigenvalue weighted by Crippen LogP contribution is 2.37. The van der Waals surface area contributed by atoms with Gasteiger partial charge in [0.05, 0.1) is 11.3 Å². The summed E-state index contributed by atoms with van der Waals surface area (Å²) >= 11 is 5.60. The van der Waals surface area contributed by atoms with Crippen LogP contribution in [0.3, 0.4) is 0 Å². The van der Waals surface area contributed by atoms with Crippen molar-refractivity contribution in [3.8, 4) is 0 Å². The number of hydrogen-bond donors (Lipinski definition) is 1. The molecule has 0 radical (unpaired) electrons. The van der Waals surface area contributed by atoms with Crippen molar-refractivity contribution in [3.63, 3.8) is 0 Å². The Labute approximate surface area is 180 Å². The summed E-state index contributed by atoms with van der Waals surface area (Å²) in [4.78, 5) is 8.00. The number of thiocarbonyl (C=S) groups is 1. The Hall–Kier alpha value is -1.83. The van der Waals surface area contributed by atoms with Crippen molar-refractivity contribution in [2.45, 2.75) is 63.1 Å². The van der Waals surface area contributed by atoms with Crippen LogP contribution in [0.5, 0.6) is 0 Å². The molecule has 0 amide bonds. The van der Waals surface area contributed by atoms with Gasteiger partial charge in [-0.05, 0) is 48.7 Å². The lowest BCUT2D eigenvalue weighted by atomic mass is 9.85. The maximum Gasteiger partial charge on any atom is 0.416 e. The second kappa shape index (κ2) is 8.73. The molecule has 0 atom stereocenters. The number of benzene rings is 1. The molecule has 1 spiro atoms. The highest BCUT2D eigenvalue weighted by Gasteiger charge is 2.43. The zero-order valence-electron chi connectivity index (χ0n) is 17.0. The Kier molecular flexibility index (Phi) is 6.23. The molecule has 1 saturated carbocycles. The smallest absolute Gasteiger partial charge is 0.388 e. The predicted octanol–water partition coefficient (Wildman–Crippen LogP) is 5.12. The minimum absolute atomic E-state index is 0.368. The molecule has 8 heteroatoms. The van der Waals surface area contributed by atoms with Crippen LogP contribution in [0.15, 0.2) is 29.4 Å². The standard InChI is InChI=1S/C22H28F3N3OS/c23-22(24,25)18-8-6-17(7-9-18)19-14-21(29-27-19)10-12-28(13-11-21)20(30)26-15-16-4-2-1-3-5-16/h6-9,16H,1-5,10-15H2,(H,26,30).